The van der Waals surface area contributed by atoms with Crippen molar-refractivity contribution in [3.8, 4) is 5.75 Å². The molecule has 0 radical (unpaired) electrons. The summed E-state index contributed by atoms with van der Waals surface area (Å²) in [5, 5.41) is 2.82. The number of hydrogen-bond acceptors (Lipinski definition) is 3. The van der Waals surface area contributed by atoms with Crippen molar-refractivity contribution in [3.63, 3.8) is 0 Å². The number of nitrogens with one attached hydrogen (secondary N) is 2. The van der Waals surface area contributed by atoms with Crippen LogP contribution in [0.2, 0.25) is 0 Å². The molecule has 2 N–H and O–H groups in total. The van der Waals surface area contributed by atoms with Crippen LogP contribution in [0.15, 0.2) is 36.7 Å². The summed E-state index contributed by atoms with van der Waals surface area (Å²) in [7, 11) is 0. The van der Waals surface area contributed by atoms with Crippen LogP contribution in [0.25, 0.3) is 10.9 Å². The molecule has 0 bridgehead atoms. The number of halogens is 5. The zero-order valence-electron chi connectivity index (χ0n) is 14.2. The van der Waals surface area contributed by atoms with Crippen LogP contribution >= 0.6 is 0 Å². The van der Waals surface area contributed by atoms with E-state index in [2.05, 4.69) is 15.3 Å². The highest BCUT2D eigenvalue weighted by Crippen LogP contribution is 2.26. The lowest BCUT2D eigenvalue weighted by Crippen LogP contribution is -2.13. The summed E-state index contributed by atoms with van der Waals surface area (Å²) in [6.45, 7) is -0.135. The van der Waals surface area contributed by atoms with Gasteiger partial charge in [0.15, 0.2) is 11.6 Å². The van der Waals surface area contributed by atoms with Gasteiger partial charge in [-0.2, -0.15) is 13.2 Å². The second-order valence-electron chi connectivity index (χ2n) is 5.91. The van der Waals surface area contributed by atoms with E-state index in [0.29, 0.717) is 5.52 Å². The molecule has 148 valence electrons. The van der Waals surface area contributed by atoms with E-state index in [1.165, 1.54) is 24.5 Å². The number of rotatable bonds is 6. The zero-order valence-corrected chi connectivity index (χ0v) is 14.2. The van der Waals surface area contributed by atoms with E-state index >= 15 is 0 Å². The molecule has 3 rings (SSSR count). The van der Waals surface area contributed by atoms with Crippen molar-refractivity contribution in [1.82, 2.24) is 9.97 Å². The highest BCUT2D eigenvalue weighted by molar-refractivity contribution is 6.08. The van der Waals surface area contributed by atoms with E-state index in [0.717, 1.165) is 12.1 Å². The first-order valence-corrected chi connectivity index (χ1v) is 8.16. The second kappa shape index (κ2) is 7.83. The topological polar surface area (TPSA) is 67.0 Å². The third kappa shape index (κ3) is 4.76. The van der Waals surface area contributed by atoms with Crippen molar-refractivity contribution < 1.29 is 31.5 Å². The van der Waals surface area contributed by atoms with Gasteiger partial charge in [-0.15, -0.1) is 0 Å². The van der Waals surface area contributed by atoms with Crippen LogP contribution in [0.5, 0.6) is 5.75 Å². The number of aromatic amines is 1. The molecule has 0 unspecified atom stereocenters. The molecule has 0 fully saturated rings. The number of carbonyl (C=O) groups excluding carboxylic acids is 1. The number of ether oxygens (including phenoxy) is 1. The molecule has 0 aliphatic rings. The average Bonchev–Trinajstić information content (AvgIpc) is 3.00. The maximum atomic E-state index is 13.4. The van der Waals surface area contributed by atoms with Gasteiger partial charge in [-0.25, -0.2) is 13.8 Å². The summed E-state index contributed by atoms with van der Waals surface area (Å²) < 4.78 is 68.0. The molecule has 2 aromatic heterocycles. The van der Waals surface area contributed by atoms with Crippen LogP contribution in [-0.2, 0) is 0 Å². The first-order chi connectivity index (χ1) is 13.2. The Morgan fingerprint density at radius 3 is 2.61 bits per heavy atom. The third-order valence-corrected chi connectivity index (χ3v) is 3.81. The van der Waals surface area contributed by atoms with Gasteiger partial charge in [-0.3, -0.25) is 4.79 Å². The molecule has 0 aliphatic heterocycles. The fourth-order valence-corrected chi connectivity index (χ4v) is 2.47. The first-order valence-electron chi connectivity index (χ1n) is 8.16. The van der Waals surface area contributed by atoms with Crippen molar-refractivity contribution in [1.29, 1.82) is 0 Å². The Bertz CT molecular complexity index is 983. The molecule has 28 heavy (non-hydrogen) atoms. The highest BCUT2D eigenvalue weighted by Gasteiger charge is 2.26. The lowest BCUT2D eigenvalue weighted by Gasteiger charge is -2.08. The van der Waals surface area contributed by atoms with Crippen molar-refractivity contribution in [2.24, 2.45) is 0 Å². The summed E-state index contributed by atoms with van der Waals surface area (Å²) in [6, 6.07) is 4.68. The minimum absolute atomic E-state index is 0.0135. The molecule has 3 aromatic rings. The Balaban J connectivity index is 1.61. The van der Waals surface area contributed by atoms with Crippen LogP contribution in [0.4, 0.5) is 27.6 Å². The van der Waals surface area contributed by atoms with Gasteiger partial charge in [-0.05, 0) is 24.6 Å². The highest BCUT2D eigenvalue weighted by atomic mass is 19.4. The summed E-state index contributed by atoms with van der Waals surface area (Å²) in [5.74, 6) is -2.44. The predicted octanol–water partition coefficient (Wildman–Crippen LogP) is 4.81. The SMILES string of the molecule is O=C(Nc1c[nH]c2cc(F)c(F)cc12)c1ccc(OCCCC(F)(F)F)cn1. The Hall–Kier alpha value is -3.17. The van der Waals surface area contributed by atoms with Gasteiger partial charge in [0.2, 0.25) is 0 Å². The molecular formula is C18H14F5N3O2. The van der Waals surface area contributed by atoms with Crippen LogP contribution in [0.1, 0.15) is 23.3 Å². The van der Waals surface area contributed by atoms with Gasteiger partial charge in [0.1, 0.15) is 11.4 Å². The number of alkyl halides is 3. The van der Waals surface area contributed by atoms with Gasteiger partial charge < -0.3 is 15.0 Å². The van der Waals surface area contributed by atoms with E-state index < -0.39 is 30.1 Å². The van der Waals surface area contributed by atoms with Crippen molar-refractivity contribution in [3.05, 3.63) is 54.0 Å². The minimum atomic E-state index is -4.24. The standard InChI is InChI=1S/C18H14F5N3O2/c19-12-6-11-15(7-13(12)20)25-9-16(11)26-17(27)14-3-2-10(8-24-14)28-5-1-4-18(21,22)23/h2-3,6-9,25H,1,4-5H2,(H,26,27). The number of aromatic nitrogens is 2. The van der Waals surface area contributed by atoms with Crippen molar-refractivity contribution in [2.75, 3.05) is 11.9 Å². The molecule has 2 heterocycles. The lowest BCUT2D eigenvalue weighted by atomic mass is 10.2. The molecule has 1 amide bonds. The third-order valence-electron chi connectivity index (χ3n) is 3.81. The number of amides is 1. The van der Waals surface area contributed by atoms with Crippen LogP contribution in [0, 0.1) is 11.6 Å². The fourth-order valence-electron chi connectivity index (χ4n) is 2.47. The Labute approximate surface area is 155 Å². The largest absolute Gasteiger partial charge is 0.492 e. The number of carbonyl (C=O) groups is 1. The normalized spacial score (nSPS) is 11.6. The van der Waals surface area contributed by atoms with Crippen molar-refractivity contribution >= 4 is 22.5 Å². The lowest BCUT2D eigenvalue weighted by molar-refractivity contribution is -0.136. The second-order valence-corrected chi connectivity index (χ2v) is 5.91. The molecule has 0 atom stereocenters. The molecule has 0 saturated carbocycles. The van der Waals surface area contributed by atoms with Gasteiger partial charge in [-0.1, -0.05) is 0 Å². The van der Waals surface area contributed by atoms with Gasteiger partial charge in [0, 0.05) is 24.1 Å². The summed E-state index contributed by atoms with van der Waals surface area (Å²) in [5.41, 5.74) is 0.567. The molecule has 1 aromatic carbocycles. The summed E-state index contributed by atoms with van der Waals surface area (Å²) in [4.78, 5) is 18.9. The van der Waals surface area contributed by atoms with E-state index in [4.69, 9.17) is 4.74 Å². The number of H-pyrrole nitrogens is 1. The quantitative estimate of drug-likeness (QED) is 0.462. The molecule has 0 spiro atoms. The first kappa shape index (κ1) is 19.6. The average molecular weight is 399 g/mol. The van der Waals surface area contributed by atoms with Gasteiger partial charge in [0.25, 0.3) is 5.91 Å². The maximum absolute atomic E-state index is 13.4. The summed E-state index contributed by atoms with van der Waals surface area (Å²) in [6.07, 6.45) is -2.77. The predicted molar refractivity (Wildman–Crippen MR) is 91.2 cm³/mol. The smallest absolute Gasteiger partial charge is 0.389 e. The molecular weight excluding hydrogens is 385 g/mol. The number of anilines is 1. The number of nitrogens with zero attached hydrogens (tertiary/aromatic N) is 1. The fraction of sp³-hybridized carbons (Fsp3) is 0.222. The van der Waals surface area contributed by atoms with Crippen LogP contribution in [0.3, 0.4) is 0 Å². The molecule has 0 aliphatic carbocycles. The molecule has 0 saturated heterocycles. The molecule has 5 nitrogen and oxygen atoms in total. The molecule has 10 heteroatoms. The Morgan fingerprint density at radius 2 is 1.93 bits per heavy atom. The maximum Gasteiger partial charge on any atom is 0.389 e. The van der Waals surface area contributed by atoms with E-state index in [1.54, 1.807) is 0 Å². The van der Waals surface area contributed by atoms with E-state index in [1.807, 2.05) is 0 Å². The van der Waals surface area contributed by atoms with Gasteiger partial charge >= 0.3 is 6.18 Å². The van der Waals surface area contributed by atoms with Crippen LogP contribution in [-0.4, -0.2) is 28.7 Å². The number of benzene rings is 1. The van der Waals surface area contributed by atoms with E-state index in [-0.39, 0.29) is 35.5 Å². The summed E-state index contributed by atoms with van der Waals surface area (Å²) >= 11 is 0. The van der Waals surface area contributed by atoms with Gasteiger partial charge in [0.05, 0.1) is 24.0 Å². The van der Waals surface area contributed by atoms with Crippen molar-refractivity contribution in [2.45, 2.75) is 19.0 Å². The monoisotopic (exact) mass is 399 g/mol. The zero-order chi connectivity index (χ0) is 20.3. The number of pyridine rings is 1. The minimum Gasteiger partial charge on any atom is -0.492 e. The van der Waals surface area contributed by atoms with E-state index in [9.17, 15) is 26.7 Å². The number of hydrogen-bond donors (Lipinski definition) is 2. The van der Waals surface area contributed by atoms with Crippen LogP contribution < -0.4 is 10.1 Å². The Kier molecular flexibility index (Phi) is 5.48. The number of fused-ring (bicyclic) bond motifs is 1. The Morgan fingerprint density at radius 1 is 1.18 bits per heavy atom.